The van der Waals surface area contributed by atoms with Gasteiger partial charge in [0.05, 0.1) is 6.10 Å². The Balaban J connectivity index is 1.68. The Morgan fingerprint density at radius 3 is 2.78 bits per heavy atom. The van der Waals surface area contributed by atoms with Gasteiger partial charge in [-0.2, -0.15) is 0 Å². The van der Waals surface area contributed by atoms with Gasteiger partial charge in [-0.15, -0.1) is 0 Å². The highest BCUT2D eigenvalue weighted by Gasteiger charge is 2.25. The summed E-state index contributed by atoms with van der Waals surface area (Å²) in [6.07, 6.45) is 6.16. The van der Waals surface area contributed by atoms with Crippen LogP contribution in [0.3, 0.4) is 0 Å². The molecule has 1 saturated carbocycles. The number of likely N-dealkylation sites (N-methyl/N-ethyl adjacent to an activating group) is 1. The molecule has 1 amide bonds. The van der Waals surface area contributed by atoms with Crippen molar-refractivity contribution in [3.05, 3.63) is 0 Å². The van der Waals surface area contributed by atoms with Gasteiger partial charge >= 0.3 is 0 Å². The van der Waals surface area contributed by atoms with Crippen LogP contribution in [-0.4, -0.2) is 60.1 Å². The van der Waals surface area contributed by atoms with E-state index in [-0.39, 0.29) is 6.10 Å². The summed E-state index contributed by atoms with van der Waals surface area (Å²) in [5.41, 5.74) is 0. The largest absolute Gasteiger partial charge is 0.393 e. The van der Waals surface area contributed by atoms with E-state index in [1.165, 1.54) is 12.8 Å². The molecule has 2 atom stereocenters. The molecule has 0 bridgehead atoms. The molecule has 1 N–H and O–H groups in total. The predicted molar refractivity (Wildman–Crippen MR) is 71.3 cm³/mol. The number of nitrogens with zero attached hydrogens (tertiary/aromatic N) is 2. The number of hydrogen-bond acceptors (Lipinski definition) is 3. The van der Waals surface area contributed by atoms with Crippen LogP contribution in [0.4, 0.5) is 0 Å². The molecule has 0 aromatic rings. The van der Waals surface area contributed by atoms with Crippen LogP contribution in [0, 0.1) is 5.92 Å². The second-order valence-corrected chi connectivity index (χ2v) is 5.86. The third-order valence-electron chi connectivity index (χ3n) is 4.34. The van der Waals surface area contributed by atoms with Crippen molar-refractivity contribution < 1.29 is 9.90 Å². The van der Waals surface area contributed by atoms with E-state index in [2.05, 4.69) is 11.9 Å². The summed E-state index contributed by atoms with van der Waals surface area (Å²) in [5, 5.41) is 9.95. The highest BCUT2D eigenvalue weighted by Crippen LogP contribution is 2.24. The van der Waals surface area contributed by atoms with Gasteiger partial charge in [0.25, 0.3) is 0 Å². The highest BCUT2D eigenvalue weighted by molar-refractivity contribution is 5.78. The monoisotopic (exact) mass is 254 g/mol. The summed E-state index contributed by atoms with van der Waals surface area (Å²) in [7, 11) is 2.10. The van der Waals surface area contributed by atoms with Gasteiger partial charge in [0, 0.05) is 32.6 Å². The topological polar surface area (TPSA) is 43.8 Å². The van der Waals surface area contributed by atoms with Crippen molar-refractivity contribution in [3.8, 4) is 0 Å². The summed E-state index contributed by atoms with van der Waals surface area (Å²) in [6.45, 7) is 3.66. The maximum absolute atomic E-state index is 11.5. The number of rotatable bonds is 5. The SMILES string of the molecule is CN(CCN1CCCC1=O)CC1CCCCC1O. The Labute approximate surface area is 110 Å². The van der Waals surface area contributed by atoms with Crippen LogP contribution in [0.5, 0.6) is 0 Å². The molecule has 4 nitrogen and oxygen atoms in total. The van der Waals surface area contributed by atoms with Crippen LogP contribution in [-0.2, 0) is 4.79 Å². The number of aliphatic hydroxyl groups excluding tert-OH is 1. The van der Waals surface area contributed by atoms with Crippen LogP contribution in [0.1, 0.15) is 38.5 Å². The van der Waals surface area contributed by atoms with Crippen molar-refractivity contribution >= 4 is 5.91 Å². The lowest BCUT2D eigenvalue weighted by molar-refractivity contribution is -0.127. The summed E-state index contributed by atoms with van der Waals surface area (Å²) in [6, 6.07) is 0. The fourth-order valence-electron chi connectivity index (χ4n) is 3.12. The third kappa shape index (κ3) is 3.69. The van der Waals surface area contributed by atoms with E-state index in [1.54, 1.807) is 0 Å². The second kappa shape index (κ2) is 6.53. The minimum Gasteiger partial charge on any atom is -0.393 e. The fraction of sp³-hybridized carbons (Fsp3) is 0.929. The number of amides is 1. The van der Waals surface area contributed by atoms with Crippen LogP contribution < -0.4 is 0 Å². The van der Waals surface area contributed by atoms with Crippen LogP contribution in [0.25, 0.3) is 0 Å². The van der Waals surface area contributed by atoms with E-state index in [4.69, 9.17) is 0 Å². The van der Waals surface area contributed by atoms with Gasteiger partial charge in [-0.3, -0.25) is 4.79 Å². The first kappa shape index (κ1) is 13.8. The van der Waals surface area contributed by atoms with Crippen molar-refractivity contribution in [3.63, 3.8) is 0 Å². The summed E-state index contributed by atoms with van der Waals surface area (Å²) >= 11 is 0. The van der Waals surface area contributed by atoms with E-state index in [1.807, 2.05) is 4.90 Å². The van der Waals surface area contributed by atoms with Crippen molar-refractivity contribution in [1.82, 2.24) is 9.80 Å². The summed E-state index contributed by atoms with van der Waals surface area (Å²) in [4.78, 5) is 15.7. The molecule has 0 aromatic carbocycles. The summed E-state index contributed by atoms with van der Waals surface area (Å²) in [5.74, 6) is 0.735. The molecule has 2 fully saturated rings. The number of hydrogen-bond donors (Lipinski definition) is 1. The number of likely N-dealkylation sites (tertiary alicyclic amines) is 1. The normalized spacial score (nSPS) is 29.3. The van der Waals surface area contributed by atoms with Crippen molar-refractivity contribution in [2.75, 3.05) is 33.2 Å². The molecule has 2 rings (SSSR count). The molecular weight excluding hydrogens is 228 g/mol. The average Bonchev–Trinajstić information content (AvgIpc) is 2.75. The standard InChI is InChI=1S/C14H26N2O2/c1-15(9-10-16-8-4-7-14(16)18)11-12-5-2-3-6-13(12)17/h12-13,17H,2-11H2,1H3. The smallest absolute Gasteiger partial charge is 0.222 e. The van der Waals surface area contributed by atoms with E-state index in [9.17, 15) is 9.90 Å². The number of carbonyl (C=O) groups excluding carboxylic acids is 1. The van der Waals surface area contributed by atoms with Gasteiger partial charge in [0.1, 0.15) is 0 Å². The van der Waals surface area contributed by atoms with Crippen molar-refractivity contribution in [1.29, 1.82) is 0 Å². The maximum atomic E-state index is 11.5. The van der Waals surface area contributed by atoms with Gasteiger partial charge in [-0.05, 0) is 32.2 Å². The van der Waals surface area contributed by atoms with Gasteiger partial charge in [0.2, 0.25) is 5.91 Å². The molecule has 0 spiro atoms. The van der Waals surface area contributed by atoms with Crippen LogP contribution >= 0.6 is 0 Å². The van der Waals surface area contributed by atoms with Crippen LogP contribution in [0.15, 0.2) is 0 Å². The molecule has 1 heterocycles. The Bertz CT molecular complexity index is 283. The molecule has 18 heavy (non-hydrogen) atoms. The number of aliphatic hydroxyl groups is 1. The molecule has 104 valence electrons. The molecule has 0 aromatic heterocycles. The first-order valence-corrected chi connectivity index (χ1v) is 7.31. The first-order chi connectivity index (χ1) is 8.66. The maximum Gasteiger partial charge on any atom is 0.222 e. The zero-order valence-corrected chi connectivity index (χ0v) is 11.5. The Morgan fingerprint density at radius 2 is 2.11 bits per heavy atom. The second-order valence-electron chi connectivity index (χ2n) is 5.86. The molecule has 2 unspecified atom stereocenters. The lowest BCUT2D eigenvalue weighted by atomic mass is 9.86. The number of carbonyl (C=O) groups is 1. The molecule has 4 heteroatoms. The van der Waals surface area contributed by atoms with Crippen molar-refractivity contribution in [2.45, 2.75) is 44.6 Å². The third-order valence-corrected chi connectivity index (χ3v) is 4.34. The molecule has 0 radical (unpaired) electrons. The van der Waals surface area contributed by atoms with Crippen molar-refractivity contribution in [2.24, 2.45) is 5.92 Å². The summed E-state index contributed by atoms with van der Waals surface area (Å²) < 4.78 is 0. The zero-order valence-electron chi connectivity index (χ0n) is 11.5. The van der Waals surface area contributed by atoms with E-state index >= 15 is 0 Å². The first-order valence-electron chi connectivity index (χ1n) is 7.31. The predicted octanol–water partition coefficient (Wildman–Crippen LogP) is 1.09. The molecule has 1 saturated heterocycles. The van der Waals surface area contributed by atoms with Gasteiger partial charge in [-0.25, -0.2) is 0 Å². The Kier molecular flexibility index (Phi) is 5.01. The fourth-order valence-corrected chi connectivity index (χ4v) is 3.12. The molecular formula is C14H26N2O2. The van der Waals surface area contributed by atoms with Gasteiger partial charge in [0.15, 0.2) is 0 Å². The molecule has 1 aliphatic heterocycles. The van der Waals surface area contributed by atoms with E-state index in [0.29, 0.717) is 11.8 Å². The van der Waals surface area contributed by atoms with Crippen LogP contribution in [0.2, 0.25) is 0 Å². The molecule has 1 aliphatic carbocycles. The lowest BCUT2D eigenvalue weighted by Gasteiger charge is -2.31. The lowest BCUT2D eigenvalue weighted by Crippen LogP contribution is -2.39. The Hall–Kier alpha value is -0.610. The Morgan fingerprint density at radius 1 is 1.33 bits per heavy atom. The van der Waals surface area contributed by atoms with E-state index in [0.717, 1.165) is 51.9 Å². The quantitative estimate of drug-likeness (QED) is 0.799. The van der Waals surface area contributed by atoms with Gasteiger partial charge in [-0.1, -0.05) is 12.8 Å². The van der Waals surface area contributed by atoms with E-state index < -0.39 is 0 Å². The highest BCUT2D eigenvalue weighted by atomic mass is 16.3. The zero-order chi connectivity index (χ0) is 13.0. The molecule has 2 aliphatic rings. The minimum absolute atomic E-state index is 0.116. The van der Waals surface area contributed by atoms with Gasteiger partial charge < -0.3 is 14.9 Å². The average molecular weight is 254 g/mol. The minimum atomic E-state index is -0.116.